The summed E-state index contributed by atoms with van der Waals surface area (Å²) in [6.45, 7) is 7.19. The van der Waals surface area contributed by atoms with Crippen molar-refractivity contribution in [1.82, 2.24) is 10.6 Å². The molecular formula is C30H31FN2O4. The van der Waals surface area contributed by atoms with Crippen LogP contribution in [0.5, 0.6) is 5.75 Å². The molecule has 0 bridgehead atoms. The molecule has 0 aliphatic heterocycles. The first-order valence-corrected chi connectivity index (χ1v) is 12.4. The van der Waals surface area contributed by atoms with Crippen molar-refractivity contribution >= 4 is 22.8 Å². The summed E-state index contributed by atoms with van der Waals surface area (Å²) in [6, 6.07) is 16.8. The number of furan rings is 1. The molecule has 0 spiro atoms. The second-order valence-electron chi connectivity index (χ2n) is 9.30. The second kappa shape index (κ2) is 11.3. The van der Waals surface area contributed by atoms with Crippen molar-refractivity contribution in [2.24, 2.45) is 5.92 Å². The number of hydrogen-bond acceptors (Lipinski definition) is 4. The minimum absolute atomic E-state index is 0.175. The van der Waals surface area contributed by atoms with Crippen molar-refractivity contribution in [1.29, 1.82) is 0 Å². The van der Waals surface area contributed by atoms with Crippen LogP contribution in [0.2, 0.25) is 0 Å². The van der Waals surface area contributed by atoms with Gasteiger partial charge in [0, 0.05) is 30.1 Å². The van der Waals surface area contributed by atoms with Gasteiger partial charge < -0.3 is 19.8 Å². The zero-order chi connectivity index (χ0) is 26.5. The third kappa shape index (κ3) is 5.82. The van der Waals surface area contributed by atoms with Crippen LogP contribution in [0, 0.1) is 11.7 Å². The Labute approximate surface area is 215 Å². The predicted octanol–water partition coefficient (Wildman–Crippen LogP) is 6.44. The van der Waals surface area contributed by atoms with Gasteiger partial charge in [0.25, 0.3) is 11.8 Å². The molecular weight excluding hydrogens is 471 g/mol. The molecule has 0 saturated carbocycles. The molecule has 0 saturated heterocycles. The van der Waals surface area contributed by atoms with Crippen molar-refractivity contribution in [2.45, 2.75) is 27.2 Å². The first kappa shape index (κ1) is 25.9. The Kier molecular flexibility index (Phi) is 7.92. The van der Waals surface area contributed by atoms with E-state index < -0.39 is 0 Å². The molecule has 0 aliphatic carbocycles. The molecule has 0 unspecified atom stereocenters. The molecule has 0 radical (unpaired) electrons. The molecule has 0 atom stereocenters. The average Bonchev–Trinajstić information content (AvgIpc) is 3.29. The van der Waals surface area contributed by atoms with E-state index in [4.69, 9.17) is 9.15 Å². The summed E-state index contributed by atoms with van der Waals surface area (Å²) in [4.78, 5) is 25.8. The van der Waals surface area contributed by atoms with Crippen molar-refractivity contribution in [3.63, 3.8) is 0 Å². The number of carbonyl (C=O) groups is 2. The molecule has 6 nitrogen and oxygen atoms in total. The number of hydrogen-bond donors (Lipinski definition) is 2. The van der Waals surface area contributed by atoms with Gasteiger partial charge in [0.15, 0.2) is 0 Å². The Morgan fingerprint density at radius 1 is 0.946 bits per heavy atom. The third-order valence-corrected chi connectivity index (χ3v) is 5.89. The van der Waals surface area contributed by atoms with Gasteiger partial charge in [0.1, 0.15) is 22.9 Å². The Bertz CT molecular complexity index is 1420. The highest BCUT2D eigenvalue weighted by atomic mass is 19.1. The van der Waals surface area contributed by atoms with E-state index in [2.05, 4.69) is 10.6 Å². The summed E-state index contributed by atoms with van der Waals surface area (Å²) in [6.07, 6.45) is 0.835. The molecule has 4 aromatic rings. The summed E-state index contributed by atoms with van der Waals surface area (Å²) < 4.78 is 25.5. The SMILES string of the molecule is CCCOc1cc(C(=O)NCC(C)C)cc(-c2ccc3oc(-c4ccc(F)cc4)c(C(=O)NC)c3c2)c1. The molecule has 4 rings (SSSR count). The van der Waals surface area contributed by atoms with Gasteiger partial charge in [-0.25, -0.2) is 4.39 Å². The molecule has 1 heterocycles. The Hall–Kier alpha value is -4.13. The lowest BCUT2D eigenvalue weighted by Crippen LogP contribution is -2.27. The fourth-order valence-electron chi connectivity index (χ4n) is 4.03. The second-order valence-corrected chi connectivity index (χ2v) is 9.30. The van der Waals surface area contributed by atoms with E-state index in [0.29, 0.717) is 58.2 Å². The maximum atomic E-state index is 13.5. The van der Waals surface area contributed by atoms with E-state index in [0.717, 1.165) is 17.5 Å². The monoisotopic (exact) mass is 502 g/mol. The number of nitrogens with one attached hydrogen (secondary N) is 2. The lowest BCUT2D eigenvalue weighted by molar-refractivity contribution is 0.0945. The van der Waals surface area contributed by atoms with Gasteiger partial charge in [-0.1, -0.05) is 26.8 Å². The summed E-state index contributed by atoms with van der Waals surface area (Å²) in [5.41, 5.74) is 3.54. The van der Waals surface area contributed by atoms with Crippen LogP contribution in [-0.2, 0) is 0 Å². The number of carbonyl (C=O) groups excluding carboxylic acids is 2. The Morgan fingerprint density at radius 3 is 2.35 bits per heavy atom. The minimum Gasteiger partial charge on any atom is -0.494 e. The largest absolute Gasteiger partial charge is 0.494 e. The topological polar surface area (TPSA) is 80.6 Å². The minimum atomic E-state index is -0.373. The van der Waals surface area contributed by atoms with Crippen LogP contribution >= 0.6 is 0 Å². The van der Waals surface area contributed by atoms with Crippen LogP contribution in [0.1, 0.15) is 47.9 Å². The highest BCUT2D eigenvalue weighted by Crippen LogP contribution is 2.37. The van der Waals surface area contributed by atoms with Gasteiger partial charge in [-0.2, -0.15) is 0 Å². The highest BCUT2D eigenvalue weighted by Gasteiger charge is 2.22. The van der Waals surface area contributed by atoms with E-state index in [1.54, 1.807) is 31.3 Å². The van der Waals surface area contributed by atoms with Crippen molar-refractivity contribution < 1.29 is 23.1 Å². The summed E-state index contributed by atoms with van der Waals surface area (Å²) >= 11 is 0. The Balaban J connectivity index is 1.83. The molecule has 2 N–H and O–H groups in total. The van der Waals surface area contributed by atoms with Crippen LogP contribution in [0.15, 0.2) is 65.1 Å². The normalized spacial score (nSPS) is 11.1. The van der Waals surface area contributed by atoms with Crippen LogP contribution in [0.4, 0.5) is 4.39 Å². The van der Waals surface area contributed by atoms with Gasteiger partial charge in [0.05, 0.1) is 12.2 Å². The summed E-state index contributed by atoms with van der Waals surface area (Å²) in [7, 11) is 1.55. The molecule has 0 fully saturated rings. The first-order valence-electron chi connectivity index (χ1n) is 12.4. The lowest BCUT2D eigenvalue weighted by atomic mass is 9.98. The standard InChI is InChI=1S/C30H31FN2O4/c1-5-12-36-24-14-21(13-22(15-24)29(34)33-17-18(2)3)20-8-11-26-25(16-20)27(30(35)32-4)28(37-26)19-6-9-23(31)10-7-19/h6-11,13-16,18H,5,12,17H2,1-4H3,(H,32,35)(H,33,34). The number of amides is 2. The molecule has 37 heavy (non-hydrogen) atoms. The number of rotatable bonds is 9. The van der Waals surface area contributed by atoms with Crippen LogP contribution in [0.25, 0.3) is 33.4 Å². The van der Waals surface area contributed by atoms with E-state index in [1.165, 1.54) is 12.1 Å². The van der Waals surface area contributed by atoms with Gasteiger partial charge in [-0.3, -0.25) is 9.59 Å². The van der Waals surface area contributed by atoms with Gasteiger partial charge >= 0.3 is 0 Å². The van der Waals surface area contributed by atoms with E-state index >= 15 is 0 Å². The van der Waals surface area contributed by atoms with Crippen LogP contribution < -0.4 is 15.4 Å². The fraction of sp³-hybridized carbons (Fsp3) is 0.267. The molecule has 3 aromatic carbocycles. The fourth-order valence-corrected chi connectivity index (χ4v) is 4.03. The van der Waals surface area contributed by atoms with E-state index in [9.17, 15) is 14.0 Å². The zero-order valence-corrected chi connectivity index (χ0v) is 21.5. The third-order valence-electron chi connectivity index (χ3n) is 5.89. The van der Waals surface area contributed by atoms with E-state index in [-0.39, 0.29) is 17.6 Å². The van der Waals surface area contributed by atoms with Crippen molar-refractivity contribution in [3.8, 4) is 28.2 Å². The average molecular weight is 503 g/mol. The molecule has 0 aliphatic rings. The maximum Gasteiger partial charge on any atom is 0.255 e. The number of fused-ring (bicyclic) bond motifs is 1. The number of benzene rings is 3. The highest BCUT2D eigenvalue weighted by molar-refractivity contribution is 6.12. The summed E-state index contributed by atoms with van der Waals surface area (Å²) in [5, 5.41) is 6.24. The van der Waals surface area contributed by atoms with Crippen LogP contribution in [0.3, 0.4) is 0 Å². The lowest BCUT2D eigenvalue weighted by Gasteiger charge is -2.13. The molecule has 7 heteroatoms. The van der Waals surface area contributed by atoms with Crippen LogP contribution in [-0.4, -0.2) is 32.0 Å². The Morgan fingerprint density at radius 2 is 1.68 bits per heavy atom. The van der Waals surface area contributed by atoms with Gasteiger partial charge in [-0.15, -0.1) is 0 Å². The van der Waals surface area contributed by atoms with Crippen molar-refractivity contribution in [3.05, 3.63) is 77.6 Å². The smallest absolute Gasteiger partial charge is 0.255 e. The summed E-state index contributed by atoms with van der Waals surface area (Å²) in [5.74, 6) is 0.419. The number of halogens is 1. The quantitative estimate of drug-likeness (QED) is 0.276. The number of ether oxygens (including phenoxy) is 1. The zero-order valence-electron chi connectivity index (χ0n) is 21.5. The van der Waals surface area contributed by atoms with E-state index in [1.807, 2.05) is 45.0 Å². The van der Waals surface area contributed by atoms with Gasteiger partial charge in [-0.05, 0) is 78.1 Å². The predicted molar refractivity (Wildman–Crippen MR) is 143 cm³/mol. The molecule has 2 amide bonds. The van der Waals surface area contributed by atoms with Crippen molar-refractivity contribution in [2.75, 3.05) is 20.2 Å². The molecule has 1 aromatic heterocycles. The van der Waals surface area contributed by atoms with Gasteiger partial charge in [0.2, 0.25) is 0 Å². The maximum absolute atomic E-state index is 13.5. The first-order chi connectivity index (χ1) is 17.8. The molecule has 192 valence electrons.